The van der Waals surface area contributed by atoms with E-state index in [0.29, 0.717) is 36.6 Å². The molecule has 1 aromatic rings. The number of hydrogen-bond acceptors (Lipinski definition) is 4. The molecule has 0 spiro atoms. The fourth-order valence-corrected chi connectivity index (χ4v) is 4.19. The van der Waals surface area contributed by atoms with E-state index in [0.717, 1.165) is 24.1 Å². The maximum atomic E-state index is 12.9. The molecule has 166 valence electrons. The average molecular weight is 444 g/mol. The Balaban J connectivity index is 2.08. The highest BCUT2D eigenvalue weighted by Gasteiger charge is 2.30. The number of nitrogens with zero attached hydrogens (tertiary/aromatic N) is 1. The van der Waals surface area contributed by atoms with E-state index in [9.17, 15) is 18.0 Å². The first-order chi connectivity index (χ1) is 14.1. The van der Waals surface area contributed by atoms with E-state index in [4.69, 9.17) is 9.84 Å². The highest BCUT2D eigenvalue weighted by Crippen LogP contribution is 2.34. The van der Waals surface area contributed by atoms with Gasteiger partial charge in [-0.3, -0.25) is 0 Å². The van der Waals surface area contributed by atoms with E-state index in [1.54, 1.807) is 12.1 Å². The van der Waals surface area contributed by atoms with E-state index in [2.05, 4.69) is 18.7 Å². The number of carboxylic acid groups (broad SMARTS) is 1. The van der Waals surface area contributed by atoms with Gasteiger partial charge < -0.3 is 14.7 Å². The number of alkyl halides is 3. The first-order valence-corrected chi connectivity index (χ1v) is 10.8. The maximum absolute atomic E-state index is 12.9. The lowest BCUT2D eigenvalue weighted by Crippen LogP contribution is -2.29. The second kappa shape index (κ2) is 10.8. The van der Waals surface area contributed by atoms with Crippen LogP contribution in [-0.2, 0) is 17.3 Å². The second-order valence-electron chi connectivity index (χ2n) is 7.73. The zero-order valence-corrected chi connectivity index (χ0v) is 18.2. The van der Waals surface area contributed by atoms with Gasteiger partial charge in [-0.15, -0.1) is 11.8 Å². The molecule has 1 aromatic carbocycles. The van der Waals surface area contributed by atoms with Gasteiger partial charge in [-0.2, -0.15) is 13.2 Å². The van der Waals surface area contributed by atoms with Crippen molar-refractivity contribution in [2.75, 3.05) is 13.1 Å². The fraction of sp³-hybridized carbons (Fsp3) is 0.500. The van der Waals surface area contributed by atoms with Crippen LogP contribution >= 0.6 is 11.8 Å². The van der Waals surface area contributed by atoms with Crippen molar-refractivity contribution in [2.24, 2.45) is 5.92 Å². The molecule has 0 bridgehead atoms. The summed E-state index contributed by atoms with van der Waals surface area (Å²) in [5.74, 6) is 0.803. The van der Waals surface area contributed by atoms with Crippen molar-refractivity contribution < 1.29 is 27.8 Å². The molecule has 30 heavy (non-hydrogen) atoms. The number of aryl methyl sites for hydroxylation is 1. The van der Waals surface area contributed by atoms with Crippen LogP contribution in [0.1, 0.15) is 44.7 Å². The summed E-state index contributed by atoms with van der Waals surface area (Å²) < 4.78 is 43.7. The van der Waals surface area contributed by atoms with Gasteiger partial charge >= 0.3 is 12.3 Å². The van der Waals surface area contributed by atoms with Crippen LogP contribution in [0, 0.1) is 5.92 Å². The largest absolute Gasteiger partial charge is 0.511 e. The van der Waals surface area contributed by atoms with Crippen molar-refractivity contribution >= 4 is 17.9 Å². The van der Waals surface area contributed by atoms with E-state index in [-0.39, 0.29) is 5.25 Å². The second-order valence-corrected chi connectivity index (χ2v) is 9.16. The van der Waals surface area contributed by atoms with Gasteiger partial charge in [0.2, 0.25) is 0 Å². The van der Waals surface area contributed by atoms with Crippen molar-refractivity contribution in [1.82, 2.24) is 4.90 Å². The Morgan fingerprint density at radius 1 is 1.27 bits per heavy atom. The monoisotopic (exact) mass is 443 g/mol. The predicted molar refractivity (Wildman–Crippen MR) is 113 cm³/mol. The number of carbonyl (C=O) groups is 1. The van der Waals surface area contributed by atoms with Crippen LogP contribution in [0.25, 0.3) is 0 Å². The number of ether oxygens (including phenoxy) is 1. The molecular weight excluding hydrogens is 415 g/mol. The SMILES string of the molecule is CC(C)CCN1CC=CC(OC(=O)O)=C1SC(C)CCc1cccc(C(F)(F)F)c1. The molecule has 0 fully saturated rings. The van der Waals surface area contributed by atoms with Gasteiger partial charge in [0.25, 0.3) is 0 Å². The molecule has 4 nitrogen and oxygen atoms in total. The summed E-state index contributed by atoms with van der Waals surface area (Å²) >= 11 is 1.50. The third-order valence-corrected chi connectivity index (χ3v) is 5.99. The third-order valence-electron chi connectivity index (χ3n) is 4.67. The summed E-state index contributed by atoms with van der Waals surface area (Å²) in [6, 6.07) is 5.39. The summed E-state index contributed by atoms with van der Waals surface area (Å²) in [5, 5.41) is 9.88. The molecule has 1 heterocycles. The standard InChI is InChI=1S/C22H28F3NO3S/c1-15(2)11-13-26-12-5-8-19(29-21(27)28)20(26)30-16(3)9-10-17-6-4-7-18(14-17)22(23,24)25/h4-8,14-16H,9-13H2,1-3H3,(H,27,28). The summed E-state index contributed by atoms with van der Waals surface area (Å²) in [4.78, 5) is 13.2. The number of rotatable bonds is 9. The molecule has 1 aliphatic rings. The fourth-order valence-electron chi connectivity index (χ4n) is 3.03. The van der Waals surface area contributed by atoms with Crippen LogP contribution in [0.3, 0.4) is 0 Å². The molecule has 1 unspecified atom stereocenters. The van der Waals surface area contributed by atoms with Crippen LogP contribution in [0.15, 0.2) is 47.2 Å². The number of thioether (sulfide) groups is 1. The maximum Gasteiger partial charge on any atom is 0.511 e. The summed E-state index contributed by atoms with van der Waals surface area (Å²) in [6.07, 6.45) is -0.0699. The number of halogens is 3. The smallest absolute Gasteiger partial charge is 0.449 e. The molecule has 8 heteroatoms. The summed E-state index contributed by atoms with van der Waals surface area (Å²) in [5.41, 5.74) is -0.00842. The number of benzene rings is 1. The summed E-state index contributed by atoms with van der Waals surface area (Å²) in [6.45, 7) is 7.69. The van der Waals surface area contributed by atoms with Gasteiger partial charge in [-0.05, 0) is 42.9 Å². The quantitative estimate of drug-likeness (QED) is 0.439. The van der Waals surface area contributed by atoms with E-state index >= 15 is 0 Å². The van der Waals surface area contributed by atoms with Crippen LogP contribution in [0.5, 0.6) is 0 Å². The minimum Gasteiger partial charge on any atom is -0.449 e. The lowest BCUT2D eigenvalue weighted by atomic mass is 10.1. The van der Waals surface area contributed by atoms with Gasteiger partial charge in [0.1, 0.15) is 5.03 Å². The number of hydrogen-bond donors (Lipinski definition) is 1. The number of allylic oxidation sites excluding steroid dienone is 1. The first kappa shape index (κ1) is 24.2. The highest BCUT2D eigenvalue weighted by atomic mass is 32.2. The predicted octanol–water partition coefficient (Wildman–Crippen LogP) is 6.54. The van der Waals surface area contributed by atoms with Gasteiger partial charge in [0.05, 0.1) is 5.56 Å². The molecule has 0 saturated heterocycles. The Morgan fingerprint density at radius 3 is 2.63 bits per heavy atom. The van der Waals surface area contributed by atoms with Crippen molar-refractivity contribution in [2.45, 2.75) is 51.5 Å². The minimum atomic E-state index is -4.35. The molecular formula is C22H28F3NO3S. The highest BCUT2D eigenvalue weighted by molar-refractivity contribution is 8.03. The molecule has 2 rings (SSSR count). The normalized spacial score (nSPS) is 15.6. The Bertz CT molecular complexity index is 790. The van der Waals surface area contributed by atoms with Crippen molar-refractivity contribution in [3.63, 3.8) is 0 Å². The van der Waals surface area contributed by atoms with E-state index in [1.165, 1.54) is 23.9 Å². The Kier molecular flexibility index (Phi) is 8.70. The Hall–Kier alpha value is -2.09. The first-order valence-electron chi connectivity index (χ1n) is 9.95. The van der Waals surface area contributed by atoms with Gasteiger partial charge in [-0.1, -0.05) is 45.0 Å². The van der Waals surface area contributed by atoms with E-state index < -0.39 is 17.9 Å². The van der Waals surface area contributed by atoms with Crippen LogP contribution in [-0.4, -0.2) is 34.5 Å². The lowest BCUT2D eigenvalue weighted by Gasteiger charge is -2.31. The zero-order valence-electron chi connectivity index (χ0n) is 17.4. The molecule has 0 radical (unpaired) electrons. The minimum absolute atomic E-state index is 0.0648. The molecule has 1 atom stereocenters. The van der Waals surface area contributed by atoms with Gasteiger partial charge in [0, 0.05) is 18.3 Å². The molecule has 0 aromatic heterocycles. The lowest BCUT2D eigenvalue weighted by molar-refractivity contribution is -0.137. The third kappa shape index (κ3) is 7.63. The van der Waals surface area contributed by atoms with Crippen LogP contribution in [0.4, 0.5) is 18.0 Å². The zero-order chi connectivity index (χ0) is 22.3. The topological polar surface area (TPSA) is 49.8 Å². The average Bonchev–Trinajstić information content (AvgIpc) is 2.65. The van der Waals surface area contributed by atoms with Crippen molar-refractivity contribution in [1.29, 1.82) is 0 Å². The van der Waals surface area contributed by atoms with Crippen LogP contribution < -0.4 is 0 Å². The van der Waals surface area contributed by atoms with E-state index in [1.807, 2.05) is 13.0 Å². The Morgan fingerprint density at radius 2 is 2.00 bits per heavy atom. The molecule has 0 saturated carbocycles. The summed E-state index contributed by atoms with van der Waals surface area (Å²) in [7, 11) is 0. The molecule has 1 N–H and O–H groups in total. The molecule has 0 aliphatic carbocycles. The van der Waals surface area contributed by atoms with Crippen molar-refractivity contribution in [3.05, 3.63) is 58.3 Å². The molecule has 0 amide bonds. The van der Waals surface area contributed by atoms with Crippen molar-refractivity contribution in [3.8, 4) is 0 Å². The Labute approximate surface area is 179 Å². The molecule has 1 aliphatic heterocycles. The van der Waals surface area contributed by atoms with Crippen LogP contribution in [0.2, 0.25) is 0 Å². The van der Waals surface area contributed by atoms with Gasteiger partial charge in [0.15, 0.2) is 5.76 Å². The van der Waals surface area contributed by atoms with Gasteiger partial charge in [-0.25, -0.2) is 4.79 Å².